The standard InChI is InChI=1S/C11H17NO6S/c1-4-8(18-3)9-6(2)7(5-19(15,16)17)10(13)12-11(9)14/h8H,4-5H2,1-3H3,(H2,12,13,14)(H,15,16,17). The summed E-state index contributed by atoms with van der Waals surface area (Å²) in [7, 11) is -2.88. The number of hydrogen-bond donors (Lipinski definition) is 3. The third-order valence-corrected chi connectivity index (χ3v) is 3.58. The second-order valence-corrected chi connectivity index (χ2v) is 5.63. The van der Waals surface area contributed by atoms with Crippen molar-refractivity contribution in [2.75, 3.05) is 7.11 Å². The fourth-order valence-electron chi connectivity index (χ4n) is 2.00. The van der Waals surface area contributed by atoms with Gasteiger partial charge in [-0.1, -0.05) is 6.92 Å². The number of rotatable bonds is 5. The van der Waals surface area contributed by atoms with E-state index in [1.807, 2.05) is 6.92 Å². The van der Waals surface area contributed by atoms with E-state index in [9.17, 15) is 18.3 Å². The molecule has 0 fully saturated rings. The summed E-state index contributed by atoms with van der Waals surface area (Å²) in [6.07, 6.45) is 0.000702. The van der Waals surface area contributed by atoms with Crippen LogP contribution in [0.3, 0.4) is 0 Å². The highest BCUT2D eigenvalue weighted by molar-refractivity contribution is 7.85. The summed E-state index contributed by atoms with van der Waals surface area (Å²) in [6.45, 7) is 3.31. The van der Waals surface area contributed by atoms with Crippen molar-refractivity contribution in [3.8, 4) is 5.88 Å². The SMILES string of the molecule is CCC(OC)c1c(C)c(CS(=O)(=O)O)c(O)[nH]c1=O. The first-order valence-corrected chi connectivity index (χ1v) is 7.24. The quantitative estimate of drug-likeness (QED) is 0.693. The fraction of sp³-hybridized carbons (Fsp3) is 0.545. The molecule has 0 aliphatic carbocycles. The van der Waals surface area contributed by atoms with Gasteiger partial charge in [-0.05, 0) is 18.9 Å². The molecule has 3 N–H and O–H groups in total. The summed E-state index contributed by atoms with van der Waals surface area (Å²) in [5, 5.41) is 9.62. The third kappa shape index (κ3) is 3.55. The average Bonchev–Trinajstić information content (AvgIpc) is 2.28. The van der Waals surface area contributed by atoms with E-state index in [-0.39, 0.29) is 11.1 Å². The molecule has 0 saturated heterocycles. The van der Waals surface area contributed by atoms with E-state index in [0.717, 1.165) is 0 Å². The molecule has 0 aromatic carbocycles. The predicted octanol–water partition coefficient (Wildman–Crippen LogP) is 0.874. The molecule has 0 radical (unpaired) electrons. The normalized spacial score (nSPS) is 13.5. The number of hydrogen-bond acceptors (Lipinski definition) is 5. The van der Waals surface area contributed by atoms with Crippen molar-refractivity contribution in [3.63, 3.8) is 0 Å². The van der Waals surface area contributed by atoms with Gasteiger partial charge in [-0.15, -0.1) is 0 Å². The zero-order chi connectivity index (χ0) is 14.8. The highest BCUT2D eigenvalue weighted by Gasteiger charge is 2.23. The van der Waals surface area contributed by atoms with E-state index < -0.39 is 33.4 Å². The topological polar surface area (TPSA) is 117 Å². The Morgan fingerprint density at radius 3 is 2.42 bits per heavy atom. The van der Waals surface area contributed by atoms with Crippen LogP contribution in [-0.2, 0) is 20.6 Å². The second-order valence-electron chi connectivity index (χ2n) is 4.18. The molecule has 0 amide bonds. The molecule has 1 aromatic heterocycles. The van der Waals surface area contributed by atoms with Crippen LogP contribution in [0, 0.1) is 6.92 Å². The number of aromatic amines is 1. The predicted molar refractivity (Wildman–Crippen MR) is 68.8 cm³/mol. The maximum atomic E-state index is 11.8. The first kappa shape index (κ1) is 15.7. The maximum absolute atomic E-state index is 11.8. The minimum atomic E-state index is -4.31. The summed E-state index contributed by atoms with van der Waals surface area (Å²) in [5.74, 6) is -1.33. The molecule has 0 spiro atoms. The minimum absolute atomic E-state index is 0.0346. The van der Waals surface area contributed by atoms with Gasteiger partial charge in [0.25, 0.3) is 15.7 Å². The molecule has 0 bridgehead atoms. The first-order valence-electron chi connectivity index (χ1n) is 5.63. The van der Waals surface area contributed by atoms with Crippen LogP contribution in [0.1, 0.15) is 36.1 Å². The minimum Gasteiger partial charge on any atom is -0.494 e. The molecule has 7 nitrogen and oxygen atoms in total. The van der Waals surface area contributed by atoms with Gasteiger partial charge in [-0.25, -0.2) is 0 Å². The average molecular weight is 291 g/mol. The maximum Gasteiger partial charge on any atom is 0.269 e. The van der Waals surface area contributed by atoms with Crippen LogP contribution in [0.25, 0.3) is 0 Å². The zero-order valence-corrected chi connectivity index (χ0v) is 11.7. The van der Waals surface area contributed by atoms with Gasteiger partial charge >= 0.3 is 0 Å². The number of aromatic hydroxyl groups is 1. The van der Waals surface area contributed by atoms with Gasteiger partial charge in [0.2, 0.25) is 0 Å². The number of H-pyrrole nitrogens is 1. The molecule has 1 atom stereocenters. The van der Waals surface area contributed by atoms with E-state index in [2.05, 4.69) is 4.98 Å². The van der Waals surface area contributed by atoms with E-state index in [1.54, 1.807) is 0 Å². The highest BCUT2D eigenvalue weighted by atomic mass is 32.2. The molecule has 1 heterocycles. The van der Waals surface area contributed by atoms with E-state index in [0.29, 0.717) is 12.0 Å². The Morgan fingerprint density at radius 1 is 1.42 bits per heavy atom. The van der Waals surface area contributed by atoms with Gasteiger partial charge in [0.05, 0.1) is 6.10 Å². The lowest BCUT2D eigenvalue weighted by molar-refractivity contribution is 0.0981. The van der Waals surface area contributed by atoms with E-state index >= 15 is 0 Å². The van der Waals surface area contributed by atoms with Crippen LogP contribution in [0.15, 0.2) is 4.79 Å². The van der Waals surface area contributed by atoms with Crippen molar-refractivity contribution < 1.29 is 22.8 Å². The molecule has 0 aliphatic rings. The first-order chi connectivity index (χ1) is 8.71. The Bertz CT molecular complexity index is 615. The smallest absolute Gasteiger partial charge is 0.269 e. The molecule has 1 aromatic rings. The lowest BCUT2D eigenvalue weighted by atomic mass is 10.00. The molecule has 1 unspecified atom stereocenters. The number of pyridine rings is 1. The lowest BCUT2D eigenvalue weighted by Crippen LogP contribution is -2.21. The van der Waals surface area contributed by atoms with E-state index in [4.69, 9.17) is 9.29 Å². The van der Waals surface area contributed by atoms with Crippen molar-refractivity contribution in [2.24, 2.45) is 0 Å². The molecule has 0 saturated carbocycles. The molecular weight excluding hydrogens is 274 g/mol. The van der Waals surface area contributed by atoms with Crippen LogP contribution < -0.4 is 5.56 Å². The fourth-order valence-corrected chi connectivity index (χ4v) is 2.71. The Balaban J connectivity index is 3.51. The Kier molecular flexibility index (Phi) is 4.72. The number of aromatic nitrogens is 1. The molecule has 0 aliphatic heterocycles. The molecular formula is C11H17NO6S. The van der Waals surface area contributed by atoms with Crippen molar-refractivity contribution in [1.82, 2.24) is 4.98 Å². The Morgan fingerprint density at radius 2 is 2.00 bits per heavy atom. The largest absolute Gasteiger partial charge is 0.494 e. The molecule has 108 valence electrons. The van der Waals surface area contributed by atoms with Gasteiger partial charge in [0, 0.05) is 18.2 Å². The van der Waals surface area contributed by atoms with Crippen molar-refractivity contribution in [3.05, 3.63) is 27.0 Å². The van der Waals surface area contributed by atoms with Crippen molar-refractivity contribution >= 4 is 10.1 Å². The monoisotopic (exact) mass is 291 g/mol. The molecule has 8 heteroatoms. The van der Waals surface area contributed by atoms with Gasteiger partial charge in [-0.2, -0.15) is 8.42 Å². The summed E-state index contributed by atoms with van der Waals surface area (Å²) < 4.78 is 35.9. The summed E-state index contributed by atoms with van der Waals surface area (Å²) in [6, 6.07) is 0. The van der Waals surface area contributed by atoms with Gasteiger partial charge in [0.1, 0.15) is 5.75 Å². The van der Waals surface area contributed by atoms with Crippen molar-refractivity contribution in [1.29, 1.82) is 0 Å². The van der Waals surface area contributed by atoms with Crippen LogP contribution in [0.4, 0.5) is 0 Å². The van der Waals surface area contributed by atoms with Crippen LogP contribution in [0.2, 0.25) is 0 Å². The second kappa shape index (κ2) is 5.72. The zero-order valence-electron chi connectivity index (χ0n) is 10.9. The van der Waals surface area contributed by atoms with Gasteiger partial charge < -0.3 is 9.84 Å². The van der Waals surface area contributed by atoms with Gasteiger partial charge in [0.15, 0.2) is 5.88 Å². The van der Waals surface area contributed by atoms with Gasteiger partial charge in [-0.3, -0.25) is 14.3 Å². The Labute approximate surface area is 111 Å². The molecule has 1 rings (SSSR count). The van der Waals surface area contributed by atoms with E-state index in [1.165, 1.54) is 14.0 Å². The number of ether oxygens (including phenoxy) is 1. The van der Waals surface area contributed by atoms with Crippen LogP contribution in [0.5, 0.6) is 5.88 Å². The van der Waals surface area contributed by atoms with Crippen LogP contribution >= 0.6 is 0 Å². The van der Waals surface area contributed by atoms with Crippen molar-refractivity contribution in [2.45, 2.75) is 32.1 Å². The third-order valence-electron chi connectivity index (χ3n) is 2.92. The Hall–Kier alpha value is -1.38. The summed E-state index contributed by atoms with van der Waals surface area (Å²) >= 11 is 0. The number of methoxy groups -OCH3 is 1. The molecule has 19 heavy (non-hydrogen) atoms. The summed E-state index contributed by atoms with van der Waals surface area (Å²) in [4.78, 5) is 14.0. The lowest BCUT2D eigenvalue weighted by Gasteiger charge is -2.17. The highest BCUT2D eigenvalue weighted by Crippen LogP contribution is 2.27. The number of nitrogens with one attached hydrogen (secondary N) is 1. The summed E-state index contributed by atoms with van der Waals surface area (Å²) in [5.41, 5.74) is -0.0237. The van der Waals surface area contributed by atoms with Crippen LogP contribution in [-0.4, -0.2) is 30.2 Å².